The molecule has 0 bridgehead atoms. The first-order chi connectivity index (χ1) is 19.1. The van der Waals surface area contributed by atoms with E-state index in [0.29, 0.717) is 11.1 Å². The Kier molecular flexibility index (Phi) is 12.4. The summed E-state index contributed by atoms with van der Waals surface area (Å²) in [5.74, 6) is -1.80. The van der Waals surface area contributed by atoms with Gasteiger partial charge in [0.15, 0.2) is 0 Å². The van der Waals surface area contributed by atoms with E-state index in [0.717, 1.165) is 11.6 Å². The van der Waals surface area contributed by atoms with Gasteiger partial charge in [0, 0.05) is 20.9 Å². The quantitative estimate of drug-likeness (QED) is 0.171. The van der Waals surface area contributed by atoms with Crippen LogP contribution >= 0.6 is 0 Å². The second-order valence-electron chi connectivity index (χ2n) is 12.0. The van der Waals surface area contributed by atoms with Crippen molar-refractivity contribution in [1.29, 1.82) is 0 Å². The van der Waals surface area contributed by atoms with Gasteiger partial charge in [-0.25, -0.2) is 19.2 Å². The van der Waals surface area contributed by atoms with Crippen LogP contribution in [0.1, 0.15) is 37.5 Å². The average molecular weight is 587 g/mol. The molecule has 0 aromatic heterocycles. The molecule has 41 heavy (non-hydrogen) atoms. The van der Waals surface area contributed by atoms with E-state index < -0.39 is 49.9 Å². The summed E-state index contributed by atoms with van der Waals surface area (Å²) in [6, 6.07) is 14.5. The van der Waals surface area contributed by atoms with E-state index >= 15 is 0 Å². The Morgan fingerprint density at radius 1 is 0.805 bits per heavy atom. The molecule has 0 saturated heterocycles. The summed E-state index contributed by atoms with van der Waals surface area (Å²) < 4.78 is 16.0. The second-order valence-corrected chi connectivity index (χ2v) is 17.6. The van der Waals surface area contributed by atoms with Crippen LogP contribution in [0.25, 0.3) is 0 Å². The van der Waals surface area contributed by atoms with Gasteiger partial charge in [0.2, 0.25) is 0 Å². The highest BCUT2D eigenvalue weighted by molar-refractivity contribution is 6.76. The van der Waals surface area contributed by atoms with Crippen molar-refractivity contribution < 1.29 is 38.5 Å². The SMILES string of the molecule is CC(C)(C)OC(=O)N[C@@H](Cc1cccc(C[C@H](NC(=O)OCc2ccccc2)C(=O)O)c1)C(=O)OCC[Si](C)(C)C. The van der Waals surface area contributed by atoms with Crippen molar-refractivity contribution in [2.24, 2.45) is 0 Å². The van der Waals surface area contributed by atoms with Crippen LogP contribution in [-0.4, -0.2) is 61.6 Å². The van der Waals surface area contributed by atoms with Gasteiger partial charge in [0.05, 0.1) is 6.61 Å². The monoisotopic (exact) mass is 586 g/mol. The number of hydrogen-bond donors (Lipinski definition) is 3. The molecule has 2 atom stereocenters. The van der Waals surface area contributed by atoms with E-state index in [-0.39, 0.29) is 26.1 Å². The first kappa shape index (κ1) is 33.3. The van der Waals surface area contributed by atoms with Crippen LogP contribution in [0.2, 0.25) is 25.7 Å². The van der Waals surface area contributed by atoms with Gasteiger partial charge in [0.1, 0.15) is 24.3 Å². The van der Waals surface area contributed by atoms with Crippen LogP contribution in [0.3, 0.4) is 0 Å². The van der Waals surface area contributed by atoms with Gasteiger partial charge in [-0.15, -0.1) is 0 Å². The van der Waals surface area contributed by atoms with Gasteiger partial charge in [-0.1, -0.05) is 74.2 Å². The van der Waals surface area contributed by atoms with Crippen molar-refractivity contribution in [3.63, 3.8) is 0 Å². The second kappa shape index (κ2) is 15.2. The summed E-state index contributed by atoms with van der Waals surface area (Å²) in [4.78, 5) is 49.6. The smallest absolute Gasteiger partial charge is 0.408 e. The maximum Gasteiger partial charge on any atom is 0.408 e. The number of carboxylic acids is 1. The standard InChI is InChI=1S/C30H42N2O8Si/c1-30(2,3)40-29(37)32-25(27(35)38-15-16-41(4,5)6)19-23-14-10-13-22(17-23)18-24(26(33)34)31-28(36)39-20-21-11-8-7-9-12-21/h7-14,17,24-25H,15-16,18-20H2,1-6H3,(H,31,36)(H,32,37)(H,33,34)/t24-,25-/m0/s1. The summed E-state index contributed by atoms with van der Waals surface area (Å²) in [7, 11) is -1.44. The zero-order valence-electron chi connectivity index (χ0n) is 24.7. The number of carbonyl (C=O) groups is 4. The predicted octanol–water partition coefficient (Wildman–Crippen LogP) is 4.93. The molecule has 2 amide bonds. The Balaban J connectivity index is 2.09. The van der Waals surface area contributed by atoms with E-state index in [4.69, 9.17) is 14.2 Å². The molecule has 2 rings (SSSR count). The fourth-order valence-electron chi connectivity index (χ4n) is 3.66. The Hall–Kier alpha value is -3.86. The molecular formula is C30H42N2O8Si. The first-order valence-electron chi connectivity index (χ1n) is 13.6. The largest absolute Gasteiger partial charge is 0.480 e. The highest BCUT2D eigenvalue weighted by Crippen LogP contribution is 2.14. The number of benzene rings is 2. The number of aliphatic carboxylic acids is 1. The minimum atomic E-state index is -1.44. The van der Waals surface area contributed by atoms with E-state index in [1.165, 1.54) is 0 Å². The molecule has 0 saturated carbocycles. The molecule has 0 fully saturated rings. The lowest BCUT2D eigenvalue weighted by atomic mass is 9.99. The highest BCUT2D eigenvalue weighted by atomic mass is 28.3. The third-order valence-corrected chi connectivity index (χ3v) is 7.45. The number of amides is 2. The van der Waals surface area contributed by atoms with Gasteiger partial charge < -0.3 is 30.0 Å². The zero-order chi connectivity index (χ0) is 30.6. The molecule has 0 aliphatic carbocycles. The number of carboxylic acid groups (broad SMARTS) is 1. The van der Waals surface area contributed by atoms with Gasteiger partial charge in [-0.05, 0) is 43.5 Å². The fraction of sp³-hybridized carbons (Fsp3) is 0.467. The van der Waals surface area contributed by atoms with Gasteiger partial charge in [-0.3, -0.25) is 0 Å². The molecule has 10 nitrogen and oxygen atoms in total. The van der Waals surface area contributed by atoms with Gasteiger partial charge in [-0.2, -0.15) is 0 Å². The molecule has 3 N–H and O–H groups in total. The van der Waals surface area contributed by atoms with E-state index in [1.54, 1.807) is 57.2 Å². The third kappa shape index (κ3) is 13.9. The molecule has 0 heterocycles. The average Bonchev–Trinajstić information content (AvgIpc) is 2.85. The zero-order valence-corrected chi connectivity index (χ0v) is 25.7. The van der Waals surface area contributed by atoms with Gasteiger partial charge in [0.25, 0.3) is 0 Å². The van der Waals surface area contributed by atoms with Crippen LogP contribution in [0.4, 0.5) is 9.59 Å². The van der Waals surface area contributed by atoms with Crippen LogP contribution < -0.4 is 10.6 Å². The molecule has 0 unspecified atom stereocenters. The maximum atomic E-state index is 13.0. The Morgan fingerprint density at radius 3 is 1.93 bits per heavy atom. The summed E-state index contributed by atoms with van der Waals surface area (Å²) in [5, 5.41) is 14.7. The number of nitrogens with one attached hydrogen (secondary N) is 2. The lowest BCUT2D eigenvalue weighted by molar-refractivity contribution is -0.145. The molecule has 2 aromatic carbocycles. The van der Waals surface area contributed by atoms with Crippen LogP contribution in [0.5, 0.6) is 0 Å². The number of hydrogen-bond acceptors (Lipinski definition) is 7. The normalized spacial score (nSPS) is 12.9. The maximum absolute atomic E-state index is 13.0. The molecule has 0 aliphatic heterocycles. The number of rotatable bonds is 13. The number of esters is 1. The Morgan fingerprint density at radius 2 is 1.37 bits per heavy atom. The van der Waals surface area contributed by atoms with Crippen molar-refractivity contribution >= 4 is 32.2 Å². The fourth-order valence-corrected chi connectivity index (χ4v) is 4.38. The first-order valence-corrected chi connectivity index (χ1v) is 17.3. The molecule has 0 radical (unpaired) electrons. The van der Waals surface area contributed by atoms with Crippen molar-refractivity contribution in [2.75, 3.05) is 6.61 Å². The molecule has 0 aliphatic rings. The highest BCUT2D eigenvalue weighted by Gasteiger charge is 2.27. The lowest BCUT2D eigenvalue weighted by Gasteiger charge is -2.24. The van der Waals surface area contributed by atoms with Crippen molar-refractivity contribution in [1.82, 2.24) is 10.6 Å². The predicted molar refractivity (Wildman–Crippen MR) is 157 cm³/mol. The molecule has 224 valence electrons. The lowest BCUT2D eigenvalue weighted by Crippen LogP contribution is -2.45. The van der Waals surface area contributed by atoms with Crippen molar-refractivity contribution in [3.05, 3.63) is 71.3 Å². The molecular weight excluding hydrogens is 544 g/mol. The van der Waals surface area contributed by atoms with Crippen molar-refractivity contribution in [3.8, 4) is 0 Å². The summed E-state index contributed by atoms with van der Waals surface area (Å²) in [6.07, 6.45) is -1.51. The summed E-state index contributed by atoms with van der Waals surface area (Å²) >= 11 is 0. The van der Waals surface area contributed by atoms with Gasteiger partial charge >= 0.3 is 24.1 Å². The van der Waals surface area contributed by atoms with Crippen LogP contribution in [0, 0.1) is 0 Å². The Labute approximate surface area is 242 Å². The van der Waals surface area contributed by atoms with E-state index in [1.807, 2.05) is 18.2 Å². The molecule has 11 heteroatoms. The molecule has 2 aromatic rings. The van der Waals surface area contributed by atoms with E-state index in [9.17, 15) is 24.3 Å². The topological polar surface area (TPSA) is 140 Å². The summed E-state index contributed by atoms with van der Waals surface area (Å²) in [5.41, 5.74) is 1.30. The van der Waals surface area contributed by atoms with Crippen LogP contribution in [0.15, 0.2) is 54.6 Å². The van der Waals surface area contributed by atoms with E-state index in [2.05, 4.69) is 30.3 Å². The third-order valence-electron chi connectivity index (χ3n) is 5.75. The minimum absolute atomic E-state index is 0.00851. The number of ether oxygens (including phenoxy) is 3. The summed E-state index contributed by atoms with van der Waals surface area (Å²) in [6.45, 7) is 12.0. The Bertz CT molecular complexity index is 1180. The van der Waals surface area contributed by atoms with Crippen LogP contribution in [-0.2, 0) is 43.2 Å². The number of carbonyl (C=O) groups excluding carboxylic acids is 3. The molecule has 0 spiro atoms. The number of alkyl carbamates (subject to hydrolysis) is 2. The minimum Gasteiger partial charge on any atom is -0.480 e. The van der Waals surface area contributed by atoms with Crippen molar-refractivity contribution in [2.45, 2.75) is 83.6 Å².